The number of nitrogens with zero attached hydrogens (tertiary/aromatic N) is 3. The van der Waals surface area contributed by atoms with E-state index in [1.807, 2.05) is 49.4 Å². The fourth-order valence-corrected chi connectivity index (χ4v) is 4.64. The van der Waals surface area contributed by atoms with E-state index >= 15 is 0 Å². The predicted molar refractivity (Wildman–Crippen MR) is 128 cm³/mol. The molecule has 34 heavy (non-hydrogen) atoms. The van der Waals surface area contributed by atoms with Crippen LogP contribution in [0.1, 0.15) is 66.6 Å². The minimum Gasteiger partial charge on any atom is -0.466 e. The maximum atomic E-state index is 12.8. The Bertz CT molecular complexity index is 1100. The average Bonchev–Trinajstić information content (AvgIpc) is 3.25. The minimum atomic E-state index is -0.449. The Morgan fingerprint density at radius 2 is 1.68 bits per heavy atom. The summed E-state index contributed by atoms with van der Waals surface area (Å²) in [5.41, 5.74) is 3.89. The number of benzene rings is 2. The van der Waals surface area contributed by atoms with Crippen LogP contribution in [0, 0.1) is 5.92 Å². The van der Waals surface area contributed by atoms with Crippen molar-refractivity contribution in [3.63, 3.8) is 0 Å². The molecule has 1 aliphatic rings. The third kappa shape index (κ3) is 5.71. The molecule has 3 aromatic rings. The normalized spacial score (nSPS) is 17.8. The van der Waals surface area contributed by atoms with Crippen LogP contribution in [-0.2, 0) is 27.9 Å². The Balaban J connectivity index is 1.39. The van der Waals surface area contributed by atoms with Gasteiger partial charge in [-0.2, -0.15) is 0 Å². The molecule has 178 valence electrons. The van der Waals surface area contributed by atoms with Crippen molar-refractivity contribution in [1.29, 1.82) is 0 Å². The molecule has 1 aliphatic carbocycles. The number of aromatic nitrogens is 3. The lowest BCUT2D eigenvalue weighted by Gasteiger charge is -2.28. The molecule has 0 amide bonds. The van der Waals surface area contributed by atoms with Gasteiger partial charge in [0.1, 0.15) is 12.3 Å². The van der Waals surface area contributed by atoms with E-state index in [0.717, 1.165) is 36.8 Å². The third-order valence-electron chi connectivity index (χ3n) is 6.50. The largest absolute Gasteiger partial charge is 0.466 e. The van der Waals surface area contributed by atoms with Crippen LogP contribution in [0.2, 0.25) is 0 Å². The molecule has 0 aliphatic heterocycles. The highest BCUT2D eigenvalue weighted by Gasteiger charge is 2.25. The molecule has 4 rings (SSSR count). The second-order valence-corrected chi connectivity index (χ2v) is 8.82. The van der Waals surface area contributed by atoms with Gasteiger partial charge in [0, 0.05) is 19.0 Å². The maximum absolute atomic E-state index is 12.8. The quantitative estimate of drug-likeness (QED) is 0.436. The fraction of sp³-hybridized carbons (Fsp3) is 0.407. The zero-order valence-corrected chi connectivity index (χ0v) is 19.8. The van der Waals surface area contributed by atoms with Gasteiger partial charge in [-0.05, 0) is 55.6 Å². The molecular formula is C27H31N3O4. The van der Waals surface area contributed by atoms with Crippen molar-refractivity contribution in [3.8, 4) is 11.3 Å². The Morgan fingerprint density at radius 3 is 2.35 bits per heavy atom. The summed E-state index contributed by atoms with van der Waals surface area (Å²) in [7, 11) is 1.69. The van der Waals surface area contributed by atoms with Gasteiger partial charge in [0.2, 0.25) is 0 Å². The lowest BCUT2D eigenvalue weighted by atomic mass is 9.77. The third-order valence-corrected chi connectivity index (χ3v) is 6.50. The molecule has 1 fully saturated rings. The van der Waals surface area contributed by atoms with Gasteiger partial charge in [0.05, 0.1) is 6.61 Å². The Kier molecular flexibility index (Phi) is 7.72. The summed E-state index contributed by atoms with van der Waals surface area (Å²) in [4.78, 5) is 24.6. The van der Waals surface area contributed by atoms with Gasteiger partial charge in [-0.3, -0.25) is 4.79 Å². The number of hydrogen-bond acceptors (Lipinski definition) is 6. The number of carbonyl (C=O) groups excluding carboxylic acids is 2. The van der Waals surface area contributed by atoms with E-state index < -0.39 is 5.97 Å². The Labute approximate surface area is 200 Å². The van der Waals surface area contributed by atoms with Crippen LogP contribution < -0.4 is 0 Å². The molecule has 7 nitrogen and oxygen atoms in total. The molecular weight excluding hydrogens is 430 g/mol. The summed E-state index contributed by atoms with van der Waals surface area (Å²) in [6, 6.07) is 17.8. The van der Waals surface area contributed by atoms with Gasteiger partial charge < -0.3 is 9.47 Å². The van der Waals surface area contributed by atoms with Crippen molar-refractivity contribution in [2.45, 2.75) is 51.6 Å². The van der Waals surface area contributed by atoms with Crippen molar-refractivity contribution in [3.05, 3.63) is 71.4 Å². The summed E-state index contributed by atoms with van der Waals surface area (Å²) >= 11 is 0. The number of aryl methyl sites for hydroxylation is 1. The average molecular weight is 462 g/mol. The van der Waals surface area contributed by atoms with Crippen molar-refractivity contribution in [2.24, 2.45) is 13.0 Å². The molecule has 1 aromatic heterocycles. The molecule has 2 aromatic carbocycles. The first kappa shape index (κ1) is 23.7. The van der Waals surface area contributed by atoms with Crippen LogP contribution in [0.4, 0.5) is 0 Å². The van der Waals surface area contributed by atoms with E-state index in [4.69, 9.17) is 9.47 Å². The number of carbonyl (C=O) groups is 2. The van der Waals surface area contributed by atoms with Crippen molar-refractivity contribution >= 4 is 11.9 Å². The minimum absolute atomic E-state index is 0.0858. The summed E-state index contributed by atoms with van der Waals surface area (Å²) in [6.45, 7) is 2.48. The van der Waals surface area contributed by atoms with Crippen LogP contribution in [0.15, 0.2) is 54.6 Å². The Hall–Kier alpha value is -3.48. The first-order chi connectivity index (χ1) is 16.5. The monoisotopic (exact) mass is 461 g/mol. The highest BCUT2D eigenvalue weighted by Crippen LogP contribution is 2.37. The van der Waals surface area contributed by atoms with Crippen LogP contribution in [0.3, 0.4) is 0 Å². The summed E-state index contributed by atoms with van der Waals surface area (Å²) < 4.78 is 12.1. The zero-order valence-electron chi connectivity index (χ0n) is 19.8. The SMILES string of the molecule is CCOC(=O)CC1CCC(c2ccc(-c3nnn(C)c3C(=O)OCc3ccccc3)cc2)CC1. The van der Waals surface area contributed by atoms with E-state index in [2.05, 4.69) is 22.4 Å². The van der Waals surface area contributed by atoms with Crippen molar-refractivity contribution in [1.82, 2.24) is 15.0 Å². The van der Waals surface area contributed by atoms with E-state index in [9.17, 15) is 9.59 Å². The second kappa shape index (κ2) is 11.1. The molecule has 0 radical (unpaired) electrons. The molecule has 0 N–H and O–H groups in total. The number of esters is 2. The van der Waals surface area contributed by atoms with Crippen LogP contribution >= 0.6 is 0 Å². The number of rotatable bonds is 8. The van der Waals surface area contributed by atoms with Gasteiger partial charge >= 0.3 is 11.9 Å². The molecule has 7 heteroatoms. The smallest absolute Gasteiger partial charge is 0.359 e. The van der Waals surface area contributed by atoms with Gasteiger partial charge in [0.25, 0.3) is 0 Å². The van der Waals surface area contributed by atoms with Gasteiger partial charge in [-0.25, -0.2) is 9.48 Å². The van der Waals surface area contributed by atoms with Crippen molar-refractivity contribution in [2.75, 3.05) is 6.61 Å². The lowest BCUT2D eigenvalue weighted by Crippen LogP contribution is -2.17. The maximum Gasteiger partial charge on any atom is 0.359 e. The van der Waals surface area contributed by atoms with E-state index in [0.29, 0.717) is 36.3 Å². The highest BCUT2D eigenvalue weighted by atomic mass is 16.5. The van der Waals surface area contributed by atoms with Crippen LogP contribution in [0.5, 0.6) is 0 Å². The topological polar surface area (TPSA) is 83.3 Å². The predicted octanol–water partition coefficient (Wildman–Crippen LogP) is 5.07. The van der Waals surface area contributed by atoms with Crippen LogP contribution in [0.25, 0.3) is 11.3 Å². The molecule has 1 heterocycles. The summed E-state index contributed by atoms with van der Waals surface area (Å²) in [5, 5.41) is 8.28. The Morgan fingerprint density at radius 1 is 0.971 bits per heavy atom. The summed E-state index contributed by atoms with van der Waals surface area (Å²) in [5.74, 6) is 0.357. The van der Waals surface area contributed by atoms with Crippen molar-refractivity contribution < 1.29 is 19.1 Å². The fourth-order valence-electron chi connectivity index (χ4n) is 4.64. The lowest BCUT2D eigenvalue weighted by molar-refractivity contribution is -0.144. The molecule has 0 saturated heterocycles. The number of ether oxygens (including phenoxy) is 2. The molecule has 1 saturated carbocycles. The molecule has 0 bridgehead atoms. The molecule has 0 spiro atoms. The first-order valence-electron chi connectivity index (χ1n) is 11.9. The number of hydrogen-bond donors (Lipinski definition) is 0. The van der Waals surface area contributed by atoms with Crippen LogP contribution in [-0.4, -0.2) is 33.5 Å². The van der Waals surface area contributed by atoms with Gasteiger partial charge in [-0.15, -0.1) is 5.10 Å². The first-order valence-corrected chi connectivity index (χ1v) is 11.9. The second-order valence-electron chi connectivity index (χ2n) is 8.82. The van der Waals surface area contributed by atoms with Gasteiger partial charge in [-0.1, -0.05) is 59.8 Å². The van der Waals surface area contributed by atoms with E-state index in [-0.39, 0.29) is 12.6 Å². The highest BCUT2D eigenvalue weighted by molar-refractivity contribution is 5.94. The van der Waals surface area contributed by atoms with E-state index in [1.54, 1.807) is 7.05 Å². The standard InChI is InChI=1S/C27H31N3O4/c1-3-33-24(31)17-19-9-11-21(12-10-19)22-13-15-23(16-14-22)25-26(30(2)29-28-25)27(32)34-18-20-7-5-4-6-8-20/h4-8,13-16,19,21H,3,9-12,17-18H2,1-2H3. The zero-order chi connectivity index (χ0) is 23.9. The summed E-state index contributed by atoms with van der Waals surface area (Å²) in [6.07, 6.45) is 4.71. The molecule has 0 unspecified atom stereocenters. The van der Waals surface area contributed by atoms with E-state index in [1.165, 1.54) is 10.2 Å². The van der Waals surface area contributed by atoms with Gasteiger partial charge in [0.15, 0.2) is 5.69 Å². The molecule has 0 atom stereocenters.